The summed E-state index contributed by atoms with van der Waals surface area (Å²) in [6.07, 6.45) is 3.31. The number of fused-ring (bicyclic) bond motifs is 3. The van der Waals surface area contributed by atoms with E-state index in [2.05, 4.69) is 29.6 Å². The molecule has 0 aliphatic heterocycles. The number of carboxylic acids is 1. The number of carboxylic acid groups (broad SMARTS) is 1. The SMILES string of the molecule is CC(C)N(CC(=O)O)C(=O)C[C@H]1CCCC[C@H]1NC(=O)OCC1c2ccccc2-c2ccccc21. The normalized spacial score (nSPS) is 19.1. The second kappa shape index (κ2) is 10.9. The van der Waals surface area contributed by atoms with Crippen molar-refractivity contribution in [3.63, 3.8) is 0 Å². The van der Waals surface area contributed by atoms with Gasteiger partial charge in [0, 0.05) is 24.4 Å². The number of hydrogen-bond acceptors (Lipinski definition) is 4. The lowest BCUT2D eigenvalue weighted by molar-refractivity contribution is -0.146. The Bertz CT molecular complexity index is 1040. The van der Waals surface area contributed by atoms with E-state index in [-0.39, 0.29) is 49.4 Å². The molecule has 2 atom stereocenters. The summed E-state index contributed by atoms with van der Waals surface area (Å²) in [6, 6.07) is 16.1. The fourth-order valence-corrected chi connectivity index (χ4v) is 5.48. The summed E-state index contributed by atoms with van der Waals surface area (Å²) in [5.74, 6) is -1.25. The van der Waals surface area contributed by atoms with Gasteiger partial charge in [0.2, 0.25) is 5.91 Å². The van der Waals surface area contributed by atoms with Crippen molar-refractivity contribution in [3.05, 3.63) is 59.7 Å². The number of carbonyl (C=O) groups excluding carboxylic acids is 2. The number of nitrogens with zero attached hydrogens (tertiary/aromatic N) is 1. The Morgan fingerprint density at radius 2 is 1.60 bits per heavy atom. The molecule has 2 aromatic rings. The lowest BCUT2D eigenvalue weighted by Crippen LogP contribution is -2.46. The molecule has 2 aliphatic rings. The number of carbonyl (C=O) groups is 3. The maximum absolute atomic E-state index is 12.9. The number of ether oxygens (including phenoxy) is 1. The quantitative estimate of drug-likeness (QED) is 0.568. The molecule has 4 rings (SSSR count). The predicted molar refractivity (Wildman–Crippen MR) is 133 cm³/mol. The lowest BCUT2D eigenvalue weighted by atomic mass is 9.82. The van der Waals surface area contributed by atoms with E-state index in [1.165, 1.54) is 16.0 Å². The first kappa shape index (κ1) is 24.8. The van der Waals surface area contributed by atoms with Crippen LogP contribution in [0.2, 0.25) is 0 Å². The molecule has 0 saturated heterocycles. The van der Waals surface area contributed by atoms with Gasteiger partial charge in [0.15, 0.2) is 0 Å². The third kappa shape index (κ3) is 5.66. The molecule has 2 N–H and O–H groups in total. The van der Waals surface area contributed by atoms with Crippen LogP contribution in [0.3, 0.4) is 0 Å². The van der Waals surface area contributed by atoms with Crippen molar-refractivity contribution in [1.29, 1.82) is 0 Å². The second-order valence-corrected chi connectivity index (χ2v) is 9.83. The molecule has 0 spiro atoms. The van der Waals surface area contributed by atoms with Gasteiger partial charge in [0.1, 0.15) is 13.2 Å². The molecular formula is C28H34N2O5. The third-order valence-electron chi connectivity index (χ3n) is 7.24. The van der Waals surface area contributed by atoms with Crippen LogP contribution in [0.15, 0.2) is 48.5 Å². The van der Waals surface area contributed by atoms with Crippen molar-refractivity contribution in [2.24, 2.45) is 5.92 Å². The number of rotatable bonds is 8. The van der Waals surface area contributed by atoms with Gasteiger partial charge >= 0.3 is 12.1 Å². The number of amides is 2. The van der Waals surface area contributed by atoms with Crippen LogP contribution in [0.25, 0.3) is 11.1 Å². The number of hydrogen-bond donors (Lipinski definition) is 2. The van der Waals surface area contributed by atoms with Gasteiger partial charge in [0.25, 0.3) is 0 Å². The Morgan fingerprint density at radius 3 is 2.20 bits per heavy atom. The van der Waals surface area contributed by atoms with Crippen molar-refractivity contribution in [3.8, 4) is 11.1 Å². The van der Waals surface area contributed by atoms with E-state index in [9.17, 15) is 14.4 Å². The van der Waals surface area contributed by atoms with E-state index >= 15 is 0 Å². The first-order valence-electron chi connectivity index (χ1n) is 12.5. The Kier molecular flexibility index (Phi) is 7.73. The highest BCUT2D eigenvalue weighted by atomic mass is 16.5. The minimum atomic E-state index is -1.02. The average molecular weight is 479 g/mol. The standard InChI is InChI=1S/C28H34N2O5/c1-18(2)30(16-27(32)33)26(31)15-19-9-3-8-14-25(19)29-28(34)35-17-24-22-12-6-4-10-20(22)21-11-5-7-13-23(21)24/h4-7,10-13,18-19,24-25H,3,8-9,14-17H2,1-2H3,(H,29,34)(H,32,33)/t19-,25-/m1/s1. The summed E-state index contributed by atoms with van der Waals surface area (Å²) in [5, 5.41) is 12.2. The molecule has 2 aromatic carbocycles. The van der Waals surface area contributed by atoms with Gasteiger partial charge in [0.05, 0.1) is 0 Å². The zero-order valence-corrected chi connectivity index (χ0v) is 20.4. The molecule has 0 bridgehead atoms. The number of benzene rings is 2. The van der Waals surface area contributed by atoms with Crippen LogP contribution >= 0.6 is 0 Å². The van der Waals surface area contributed by atoms with Gasteiger partial charge < -0.3 is 20.1 Å². The minimum absolute atomic E-state index is 0.00695. The molecule has 1 saturated carbocycles. The first-order chi connectivity index (χ1) is 16.8. The molecule has 0 aromatic heterocycles. The fraction of sp³-hybridized carbons (Fsp3) is 0.464. The second-order valence-electron chi connectivity index (χ2n) is 9.83. The highest BCUT2D eigenvalue weighted by Crippen LogP contribution is 2.44. The zero-order valence-electron chi connectivity index (χ0n) is 20.4. The Hall–Kier alpha value is -3.35. The Balaban J connectivity index is 1.37. The van der Waals surface area contributed by atoms with Crippen LogP contribution in [-0.2, 0) is 14.3 Å². The van der Waals surface area contributed by atoms with E-state index in [1.54, 1.807) is 0 Å². The van der Waals surface area contributed by atoms with Crippen molar-refractivity contribution in [1.82, 2.24) is 10.2 Å². The van der Waals surface area contributed by atoms with Gasteiger partial charge in [-0.25, -0.2) is 4.79 Å². The van der Waals surface area contributed by atoms with Crippen LogP contribution in [-0.4, -0.2) is 53.2 Å². The van der Waals surface area contributed by atoms with Crippen LogP contribution in [0, 0.1) is 5.92 Å². The van der Waals surface area contributed by atoms with Gasteiger partial charge in [-0.2, -0.15) is 0 Å². The molecule has 186 valence electrons. The van der Waals surface area contributed by atoms with Crippen LogP contribution < -0.4 is 5.32 Å². The predicted octanol–water partition coefficient (Wildman–Crippen LogP) is 4.80. The van der Waals surface area contributed by atoms with Crippen LogP contribution in [0.5, 0.6) is 0 Å². The van der Waals surface area contributed by atoms with Gasteiger partial charge in [-0.05, 0) is 54.9 Å². The van der Waals surface area contributed by atoms with Crippen molar-refractivity contribution in [2.75, 3.05) is 13.2 Å². The molecule has 2 aliphatic carbocycles. The van der Waals surface area contributed by atoms with E-state index in [0.29, 0.717) is 0 Å². The Morgan fingerprint density at radius 1 is 1.00 bits per heavy atom. The zero-order chi connectivity index (χ0) is 24.9. The molecule has 0 heterocycles. The molecule has 0 unspecified atom stereocenters. The summed E-state index contributed by atoms with van der Waals surface area (Å²) in [7, 11) is 0. The Labute approximate surface area is 206 Å². The van der Waals surface area contributed by atoms with Gasteiger partial charge in [-0.1, -0.05) is 61.4 Å². The van der Waals surface area contributed by atoms with E-state index < -0.39 is 12.1 Å². The minimum Gasteiger partial charge on any atom is -0.480 e. The number of alkyl carbamates (subject to hydrolysis) is 1. The molecule has 2 amide bonds. The van der Waals surface area contributed by atoms with E-state index in [0.717, 1.165) is 36.8 Å². The number of nitrogens with one attached hydrogen (secondary N) is 1. The topological polar surface area (TPSA) is 95.9 Å². The summed E-state index contributed by atoms with van der Waals surface area (Å²) >= 11 is 0. The number of aliphatic carboxylic acids is 1. The fourth-order valence-electron chi connectivity index (χ4n) is 5.48. The molecule has 7 heteroatoms. The molecule has 0 radical (unpaired) electrons. The van der Waals surface area contributed by atoms with E-state index in [1.807, 2.05) is 38.1 Å². The smallest absolute Gasteiger partial charge is 0.407 e. The molecule has 7 nitrogen and oxygen atoms in total. The van der Waals surface area contributed by atoms with Crippen LogP contribution in [0.4, 0.5) is 4.79 Å². The third-order valence-corrected chi connectivity index (χ3v) is 7.24. The lowest BCUT2D eigenvalue weighted by Gasteiger charge is -2.34. The molecule has 35 heavy (non-hydrogen) atoms. The molecular weight excluding hydrogens is 444 g/mol. The molecule has 1 fully saturated rings. The van der Waals surface area contributed by atoms with E-state index in [4.69, 9.17) is 9.84 Å². The summed E-state index contributed by atoms with van der Waals surface area (Å²) in [4.78, 5) is 38.3. The summed E-state index contributed by atoms with van der Waals surface area (Å²) in [6.45, 7) is 3.56. The average Bonchev–Trinajstić information content (AvgIpc) is 3.16. The van der Waals surface area contributed by atoms with Crippen molar-refractivity contribution in [2.45, 2.75) is 64.0 Å². The highest BCUT2D eigenvalue weighted by molar-refractivity contribution is 5.82. The maximum atomic E-state index is 12.9. The van der Waals surface area contributed by atoms with Crippen LogP contribution in [0.1, 0.15) is 63.0 Å². The first-order valence-corrected chi connectivity index (χ1v) is 12.5. The summed E-state index contributed by atoms with van der Waals surface area (Å²) < 4.78 is 5.71. The maximum Gasteiger partial charge on any atom is 0.407 e. The summed E-state index contributed by atoms with van der Waals surface area (Å²) in [5.41, 5.74) is 4.68. The van der Waals surface area contributed by atoms with Crippen molar-refractivity contribution < 1.29 is 24.2 Å². The highest BCUT2D eigenvalue weighted by Gasteiger charge is 2.33. The monoisotopic (exact) mass is 478 g/mol. The largest absolute Gasteiger partial charge is 0.480 e. The van der Waals surface area contributed by atoms with Gasteiger partial charge in [-0.3, -0.25) is 9.59 Å². The van der Waals surface area contributed by atoms with Gasteiger partial charge in [-0.15, -0.1) is 0 Å². The van der Waals surface area contributed by atoms with Crippen molar-refractivity contribution >= 4 is 18.0 Å².